The van der Waals surface area contributed by atoms with Gasteiger partial charge < -0.3 is 16.2 Å². The number of ether oxygens (including phenoxy) is 1. The third-order valence-electron chi connectivity index (χ3n) is 5.46. The number of nitrogens with two attached hydrogens (primary N) is 2. The molecule has 0 spiro atoms. The van der Waals surface area contributed by atoms with Gasteiger partial charge in [0, 0.05) is 35.5 Å². The lowest BCUT2D eigenvalue weighted by atomic mass is 10.0. The van der Waals surface area contributed by atoms with E-state index in [4.69, 9.17) is 21.2 Å². The fourth-order valence-electron chi connectivity index (χ4n) is 3.99. The molecule has 4 N–H and O–H groups in total. The molecule has 9 heteroatoms. The summed E-state index contributed by atoms with van der Waals surface area (Å²) in [6.07, 6.45) is 0. The quantitative estimate of drug-likeness (QED) is 0.419. The van der Waals surface area contributed by atoms with Crippen LogP contribution in [0.4, 0.5) is 5.69 Å². The number of esters is 1. The Morgan fingerprint density at radius 2 is 1.94 bits per heavy atom. The number of benzene rings is 1. The van der Waals surface area contributed by atoms with Gasteiger partial charge in [0.05, 0.1) is 16.9 Å². The fourth-order valence-corrected chi connectivity index (χ4v) is 5.77. The van der Waals surface area contributed by atoms with Crippen molar-refractivity contribution in [3.63, 3.8) is 0 Å². The molecule has 0 atom stereocenters. The molecule has 0 radical (unpaired) electrons. The van der Waals surface area contributed by atoms with Crippen LogP contribution in [-0.4, -0.2) is 34.9 Å². The Morgan fingerprint density at radius 1 is 1.12 bits per heavy atom. The van der Waals surface area contributed by atoms with Crippen molar-refractivity contribution in [2.75, 3.05) is 18.9 Å². The van der Waals surface area contributed by atoms with Crippen LogP contribution in [0.25, 0.3) is 20.7 Å². The van der Waals surface area contributed by atoms with Crippen LogP contribution >= 0.6 is 22.7 Å². The van der Waals surface area contributed by atoms with Crippen LogP contribution in [0.2, 0.25) is 0 Å². The van der Waals surface area contributed by atoms with Crippen LogP contribution in [0.3, 0.4) is 0 Å². The monoisotopic (exact) mass is 464 g/mol. The minimum Gasteiger partial charge on any atom is -0.461 e. The van der Waals surface area contributed by atoms with Crippen LogP contribution in [-0.2, 0) is 17.8 Å². The van der Waals surface area contributed by atoms with Crippen LogP contribution in [0.1, 0.15) is 31.3 Å². The number of carbonyl (C=O) groups is 2. The second-order valence-electron chi connectivity index (χ2n) is 7.49. The summed E-state index contributed by atoms with van der Waals surface area (Å²) in [5, 5.41) is 2.81. The summed E-state index contributed by atoms with van der Waals surface area (Å²) in [5.74, 6) is -0.864. The summed E-state index contributed by atoms with van der Waals surface area (Å²) in [7, 11) is 0. The van der Waals surface area contributed by atoms with Crippen molar-refractivity contribution in [2.24, 2.45) is 5.73 Å². The molecule has 0 fully saturated rings. The van der Waals surface area contributed by atoms with Gasteiger partial charge in [-0.25, -0.2) is 9.78 Å². The Labute approximate surface area is 192 Å². The highest BCUT2D eigenvalue weighted by Crippen LogP contribution is 2.45. The summed E-state index contributed by atoms with van der Waals surface area (Å²) in [5.41, 5.74) is 15.9. The minimum absolute atomic E-state index is 0.290. The Kier molecular flexibility index (Phi) is 5.38. The number of hydrogen-bond acceptors (Lipinski definition) is 8. The molecule has 0 saturated carbocycles. The van der Waals surface area contributed by atoms with Gasteiger partial charge in [-0.2, -0.15) is 0 Å². The molecule has 0 unspecified atom stereocenters. The van der Waals surface area contributed by atoms with E-state index in [-0.39, 0.29) is 5.97 Å². The maximum Gasteiger partial charge on any atom is 0.338 e. The molecule has 162 valence electrons. The minimum atomic E-state index is -0.537. The maximum absolute atomic E-state index is 12.2. The molecule has 0 bridgehead atoms. The van der Waals surface area contributed by atoms with Crippen molar-refractivity contribution >= 4 is 50.5 Å². The number of nitrogens with zero attached hydrogens (tertiary/aromatic N) is 2. The van der Waals surface area contributed by atoms with Crippen LogP contribution in [0.5, 0.6) is 0 Å². The summed E-state index contributed by atoms with van der Waals surface area (Å²) in [4.78, 5) is 33.2. The smallest absolute Gasteiger partial charge is 0.338 e. The first-order valence-corrected chi connectivity index (χ1v) is 11.7. The number of amides is 1. The van der Waals surface area contributed by atoms with Crippen LogP contribution in [0.15, 0.2) is 47.8 Å². The van der Waals surface area contributed by atoms with E-state index in [2.05, 4.69) is 4.90 Å². The number of aromatic nitrogens is 1. The molecular weight excluding hydrogens is 444 g/mol. The number of anilines is 1. The lowest BCUT2D eigenvalue weighted by Crippen LogP contribution is -2.23. The molecule has 4 heterocycles. The van der Waals surface area contributed by atoms with Crippen molar-refractivity contribution in [1.82, 2.24) is 9.88 Å². The van der Waals surface area contributed by atoms with E-state index in [1.54, 1.807) is 23.5 Å². The van der Waals surface area contributed by atoms with Crippen molar-refractivity contribution in [3.05, 3.63) is 69.5 Å². The Hall–Kier alpha value is -3.27. The van der Waals surface area contributed by atoms with Crippen LogP contribution in [0, 0.1) is 0 Å². The van der Waals surface area contributed by atoms with E-state index in [0.29, 0.717) is 42.4 Å². The highest BCUT2D eigenvalue weighted by atomic mass is 32.1. The predicted octanol–water partition coefficient (Wildman–Crippen LogP) is 3.88. The number of pyridine rings is 1. The first-order chi connectivity index (χ1) is 15.5. The van der Waals surface area contributed by atoms with E-state index in [9.17, 15) is 9.59 Å². The lowest BCUT2D eigenvalue weighted by Gasteiger charge is -2.14. The molecule has 7 nitrogen and oxygen atoms in total. The first kappa shape index (κ1) is 20.6. The highest BCUT2D eigenvalue weighted by Gasteiger charge is 2.29. The van der Waals surface area contributed by atoms with Gasteiger partial charge in [0.15, 0.2) is 0 Å². The second kappa shape index (κ2) is 8.34. The third kappa shape index (κ3) is 3.64. The number of fused-ring (bicyclic) bond motifs is 2. The second-order valence-corrected chi connectivity index (χ2v) is 9.44. The summed E-state index contributed by atoms with van der Waals surface area (Å²) < 4.78 is 5.45. The van der Waals surface area contributed by atoms with Crippen molar-refractivity contribution in [3.8, 4) is 10.4 Å². The zero-order chi connectivity index (χ0) is 22.2. The van der Waals surface area contributed by atoms with Crippen molar-refractivity contribution in [1.29, 1.82) is 0 Å². The molecule has 1 amide bonds. The van der Waals surface area contributed by atoms with Gasteiger partial charge in [-0.3, -0.25) is 9.69 Å². The number of primary amides is 1. The average Bonchev–Trinajstić information content (AvgIpc) is 3.52. The fraction of sp³-hybridized carbons (Fsp3) is 0.174. The summed E-state index contributed by atoms with van der Waals surface area (Å²) >= 11 is 2.86. The van der Waals surface area contributed by atoms with Gasteiger partial charge >= 0.3 is 5.97 Å². The van der Waals surface area contributed by atoms with E-state index in [1.165, 1.54) is 11.3 Å². The van der Waals surface area contributed by atoms with Gasteiger partial charge in [0.25, 0.3) is 5.91 Å². The molecule has 3 aromatic heterocycles. The molecule has 0 saturated heterocycles. The number of hydrogen-bond donors (Lipinski definition) is 2. The Bertz CT molecular complexity index is 1320. The summed E-state index contributed by atoms with van der Waals surface area (Å²) in [6, 6.07) is 13.0. The number of nitrogen functional groups attached to an aromatic ring is 1. The van der Waals surface area contributed by atoms with E-state index >= 15 is 0 Å². The highest BCUT2D eigenvalue weighted by molar-refractivity contribution is 7.21. The molecular formula is C23H20N4O3S2. The zero-order valence-electron chi connectivity index (χ0n) is 17.0. The maximum atomic E-state index is 12.2. The third-order valence-corrected chi connectivity index (χ3v) is 7.46. The Morgan fingerprint density at radius 3 is 2.66 bits per heavy atom. The first-order valence-electron chi connectivity index (χ1n) is 10.0. The van der Waals surface area contributed by atoms with E-state index in [0.717, 1.165) is 31.9 Å². The molecule has 32 heavy (non-hydrogen) atoms. The van der Waals surface area contributed by atoms with Gasteiger partial charge in [0.2, 0.25) is 0 Å². The number of carbonyl (C=O) groups excluding carboxylic acids is 2. The topological polar surface area (TPSA) is 112 Å². The van der Waals surface area contributed by atoms with Gasteiger partial charge in [-0.15, -0.1) is 22.7 Å². The summed E-state index contributed by atoms with van der Waals surface area (Å²) in [6.45, 7) is 2.18. The number of thiophene rings is 2. The lowest BCUT2D eigenvalue weighted by molar-refractivity contribution is 0.0460. The van der Waals surface area contributed by atoms with E-state index in [1.807, 2.05) is 35.7 Å². The van der Waals surface area contributed by atoms with Gasteiger partial charge in [-0.05, 0) is 29.1 Å². The molecule has 5 rings (SSSR count). The number of rotatable bonds is 6. The SMILES string of the molecule is NC(=O)c1sc2nc3c(c(-c4cccs4)c2c1N)CN(CCOC(=O)c1ccccc1)C3. The predicted molar refractivity (Wildman–Crippen MR) is 127 cm³/mol. The standard InChI is InChI=1S/C23H20N4O3S2/c24-19-18-17(16-7-4-10-31-16)14-11-27(8-9-30-23(29)13-5-2-1-3-6-13)12-15(14)26-22(18)32-20(19)21(25)28/h1-7,10H,8-9,11-12,24H2,(H2,25,28). The Balaban J connectivity index is 1.41. The molecule has 0 aliphatic carbocycles. The molecule has 1 aliphatic heterocycles. The molecule has 1 aliphatic rings. The average molecular weight is 465 g/mol. The van der Waals surface area contributed by atoms with Gasteiger partial charge in [-0.1, -0.05) is 24.3 Å². The molecule has 1 aromatic carbocycles. The zero-order valence-corrected chi connectivity index (χ0v) is 18.7. The van der Waals surface area contributed by atoms with E-state index < -0.39 is 5.91 Å². The van der Waals surface area contributed by atoms with Gasteiger partial charge in [0.1, 0.15) is 16.3 Å². The van der Waals surface area contributed by atoms with Crippen LogP contribution < -0.4 is 11.5 Å². The normalized spacial score (nSPS) is 13.4. The van der Waals surface area contributed by atoms with Crippen molar-refractivity contribution in [2.45, 2.75) is 13.1 Å². The largest absolute Gasteiger partial charge is 0.461 e. The molecule has 4 aromatic rings. The van der Waals surface area contributed by atoms with Crippen molar-refractivity contribution < 1.29 is 14.3 Å².